The molecule has 0 atom stereocenters. The molecule has 1 fully saturated rings. The molecular weight excluding hydrogens is 570 g/mol. The number of H-pyrrole nitrogens is 1. The fraction of sp³-hybridized carbons (Fsp3) is 0.188. The smallest absolute Gasteiger partial charge is 0.261 e. The number of halogens is 2. The second-order valence-electron chi connectivity index (χ2n) is 10.1. The van der Waals surface area contributed by atoms with Crippen LogP contribution in [0.3, 0.4) is 0 Å². The number of rotatable bonds is 9. The standard InChI is InChI=1S/C32H28F2N6O4/c33-21-3-1-20(2-4-21)23-17-35-18-25(31(23)41)32(42)39-22-5-6-29(26(34)15-22)44-28-7-8-36-27-16-30(38-19-24(27)28)37-9-10-40-11-13-43-14-12-40/h1-8,15-19H,9-14H2,(H,35,41)(H,37,38)(H,39,42). The first-order valence-corrected chi connectivity index (χ1v) is 14.0. The Bertz CT molecular complexity index is 1860. The minimum Gasteiger partial charge on any atom is -0.453 e. The molecule has 1 saturated heterocycles. The van der Waals surface area contributed by atoms with Gasteiger partial charge in [0.15, 0.2) is 11.6 Å². The second-order valence-corrected chi connectivity index (χ2v) is 10.1. The molecule has 44 heavy (non-hydrogen) atoms. The van der Waals surface area contributed by atoms with Gasteiger partial charge in [0.25, 0.3) is 5.91 Å². The summed E-state index contributed by atoms with van der Waals surface area (Å²) in [7, 11) is 0. The Morgan fingerprint density at radius 3 is 2.61 bits per heavy atom. The third-order valence-corrected chi connectivity index (χ3v) is 7.18. The fourth-order valence-corrected chi connectivity index (χ4v) is 4.84. The van der Waals surface area contributed by atoms with Crippen LogP contribution in [-0.4, -0.2) is 65.2 Å². The van der Waals surface area contributed by atoms with Gasteiger partial charge < -0.3 is 25.1 Å². The van der Waals surface area contributed by atoms with Gasteiger partial charge in [0.2, 0.25) is 5.43 Å². The molecule has 2 aromatic carbocycles. The van der Waals surface area contributed by atoms with E-state index in [0.717, 1.165) is 45.5 Å². The number of nitrogens with one attached hydrogen (secondary N) is 3. The first-order valence-electron chi connectivity index (χ1n) is 14.0. The lowest BCUT2D eigenvalue weighted by Crippen LogP contribution is -2.39. The van der Waals surface area contributed by atoms with E-state index in [4.69, 9.17) is 9.47 Å². The molecule has 0 aliphatic carbocycles. The summed E-state index contributed by atoms with van der Waals surface area (Å²) in [6, 6.07) is 12.7. The van der Waals surface area contributed by atoms with Crippen LogP contribution in [0.5, 0.6) is 11.5 Å². The highest BCUT2D eigenvalue weighted by molar-refractivity contribution is 6.04. The van der Waals surface area contributed by atoms with Crippen molar-refractivity contribution in [2.75, 3.05) is 50.0 Å². The molecule has 0 radical (unpaired) electrons. The number of aromatic nitrogens is 3. The molecule has 12 heteroatoms. The van der Waals surface area contributed by atoms with Gasteiger partial charge in [-0.15, -0.1) is 0 Å². The van der Waals surface area contributed by atoms with Gasteiger partial charge in [-0.3, -0.25) is 19.5 Å². The molecule has 5 aromatic rings. The van der Waals surface area contributed by atoms with Crippen LogP contribution in [-0.2, 0) is 4.74 Å². The Hall–Kier alpha value is -5.20. The van der Waals surface area contributed by atoms with Gasteiger partial charge in [-0.25, -0.2) is 13.8 Å². The molecule has 224 valence electrons. The summed E-state index contributed by atoms with van der Waals surface area (Å²) in [5.74, 6) is -0.940. The number of carbonyl (C=O) groups excluding carboxylic acids is 1. The van der Waals surface area contributed by atoms with Crippen LogP contribution in [0.25, 0.3) is 22.0 Å². The Labute approximate surface area is 250 Å². The third-order valence-electron chi connectivity index (χ3n) is 7.18. The van der Waals surface area contributed by atoms with E-state index in [0.29, 0.717) is 28.0 Å². The maximum atomic E-state index is 15.1. The van der Waals surface area contributed by atoms with E-state index in [-0.39, 0.29) is 22.6 Å². The van der Waals surface area contributed by atoms with Crippen molar-refractivity contribution in [2.24, 2.45) is 0 Å². The Balaban J connectivity index is 1.13. The molecule has 3 N–H and O–H groups in total. The van der Waals surface area contributed by atoms with Gasteiger partial charge in [-0.2, -0.15) is 0 Å². The van der Waals surface area contributed by atoms with Crippen LogP contribution in [0.4, 0.5) is 20.3 Å². The molecule has 1 aliphatic heterocycles. The molecule has 10 nitrogen and oxygen atoms in total. The SMILES string of the molecule is O=C(Nc1ccc(Oc2ccnc3cc(NCCN4CCOCC4)ncc23)c(F)c1)c1c[nH]cc(-c2ccc(F)cc2)c1=O. The first kappa shape index (κ1) is 28.9. The van der Waals surface area contributed by atoms with Gasteiger partial charge in [0, 0.05) is 74.3 Å². The highest BCUT2D eigenvalue weighted by Crippen LogP contribution is 2.32. The molecule has 0 unspecified atom stereocenters. The van der Waals surface area contributed by atoms with Gasteiger partial charge in [0.1, 0.15) is 22.9 Å². The van der Waals surface area contributed by atoms with Crippen molar-refractivity contribution in [3.05, 3.63) is 107 Å². The lowest BCUT2D eigenvalue weighted by molar-refractivity contribution is 0.0398. The number of hydrogen-bond donors (Lipinski definition) is 3. The minimum absolute atomic E-state index is 0.0700. The van der Waals surface area contributed by atoms with E-state index in [1.165, 1.54) is 48.8 Å². The number of carbonyl (C=O) groups is 1. The Kier molecular flexibility index (Phi) is 8.52. The fourth-order valence-electron chi connectivity index (χ4n) is 4.84. The number of ether oxygens (including phenoxy) is 2. The summed E-state index contributed by atoms with van der Waals surface area (Å²) < 4.78 is 39.7. The van der Waals surface area contributed by atoms with Gasteiger partial charge in [-0.1, -0.05) is 12.1 Å². The Morgan fingerprint density at radius 2 is 1.82 bits per heavy atom. The van der Waals surface area contributed by atoms with E-state index >= 15 is 4.39 Å². The van der Waals surface area contributed by atoms with Crippen molar-refractivity contribution in [3.63, 3.8) is 0 Å². The Morgan fingerprint density at radius 1 is 1.00 bits per heavy atom. The molecule has 0 spiro atoms. The van der Waals surface area contributed by atoms with Crippen molar-refractivity contribution in [1.82, 2.24) is 19.9 Å². The average molecular weight is 599 g/mol. The minimum atomic E-state index is -0.733. The third kappa shape index (κ3) is 6.56. The number of benzene rings is 2. The normalized spacial score (nSPS) is 13.5. The van der Waals surface area contributed by atoms with E-state index < -0.39 is 23.0 Å². The van der Waals surface area contributed by atoms with Crippen molar-refractivity contribution in [2.45, 2.75) is 0 Å². The summed E-state index contributed by atoms with van der Waals surface area (Å²) in [5, 5.41) is 6.45. The number of nitrogens with zero attached hydrogens (tertiary/aromatic N) is 3. The van der Waals surface area contributed by atoms with Crippen LogP contribution >= 0.6 is 0 Å². The van der Waals surface area contributed by atoms with Gasteiger partial charge in [0.05, 0.1) is 24.1 Å². The number of amides is 1. The second kappa shape index (κ2) is 13.0. The van der Waals surface area contributed by atoms with Crippen molar-refractivity contribution in [1.29, 1.82) is 0 Å². The summed E-state index contributed by atoms with van der Waals surface area (Å²) in [4.78, 5) is 39.8. The summed E-state index contributed by atoms with van der Waals surface area (Å²) in [6.07, 6.45) is 5.88. The van der Waals surface area contributed by atoms with Crippen molar-refractivity contribution >= 4 is 28.3 Å². The van der Waals surface area contributed by atoms with E-state index in [2.05, 4.69) is 30.5 Å². The number of hydrogen-bond acceptors (Lipinski definition) is 8. The van der Waals surface area contributed by atoms with E-state index in [1.54, 1.807) is 18.5 Å². The van der Waals surface area contributed by atoms with Gasteiger partial charge in [-0.05, 0) is 35.9 Å². The van der Waals surface area contributed by atoms with E-state index in [9.17, 15) is 14.0 Å². The zero-order chi connectivity index (χ0) is 30.5. The molecule has 6 rings (SSSR count). The van der Waals surface area contributed by atoms with Crippen LogP contribution in [0, 0.1) is 11.6 Å². The number of fused-ring (bicyclic) bond motifs is 1. The van der Waals surface area contributed by atoms with Crippen LogP contribution < -0.4 is 20.8 Å². The molecule has 4 heterocycles. The summed E-state index contributed by atoms with van der Waals surface area (Å²) in [6.45, 7) is 4.89. The maximum Gasteiger partial charge on any atom is 0.261 e. The maximum absolute atomic E-state index is 15.1. The molecule has 3 aromatic heterocycles. The summed E-state index contributed by atoms with van der Waals surface area (Å²) >= 11 is 0. The molecule has 0 saturated carbocycles. The number of anilines is 2. The number of pyridine rings is 3. The number of morpholine rings is 1. The van der Waals surface area contributed by atoms with Crippen molar-refractivity contribution in [3.8, 4) is 22.6 Å². The number of aromatic amines is 1. The largest absolute Gasteiger partial charge is 0.453 e. The predicted octanol–water partition coefficient (Wildman–Crippen LogP) is 5.05. The van der Waals surface area contributed by atoms with Crippen LogP contribution in [0.2, 0.25) is 0 Å². The van der Waals surface area contributed by atoms with E-state index in [1.807, 2.05) is 6.07 Å². The molecule has 0 bridgehead atoms. The van der Waals surface area contributed by atoms with Crippen LogP contribution in [0.15, 0.2) is 84.2 Å². The predicted molar refractivity (Wildman–Crippen MR) is 162 cm³/mol. The summed E-state index contributed by atoms with van der Waals surface area (Å²) in [5.41, 5.74) is 0.664. The van der Waals surface area contributed by atoms with Crippen molar-refractivity contribution < 1.29 is 23.0 Å². The van der Waals surface area contributed by atoms with Crippen LogP contribution in [0.1, 0.15) is 10.4 Å². The lowest BCUT2D eigenvalue weighted by atomic mass is 10.0. The first-order chi connectivity index (χ1) is 21.4. The average Bonchev–Trinajstić information content (AvgIpc) is 3.03. The molecule has 1 amide bonds. The zero-order valence-electron chi connectivity index (χ0n) is 23.5. The highest BCUT2D eigenvalue weighted by atomic mass is 19.1. The quantitative estimate of drug-likeness (QED) is 0.216. The van der Waals surface area contributed by atoms with Gasteiger partial charge >= 0.3 is 0 Å². The highest BCUT2D eigenvalue weighted by Gasteiger charge is 2.17. The zero-order valence-corrected chi connectivity index (χ0v) is 23.5. The topological polar surface area (TPSA) is 121 Å². The molecular formula is C32H28F2N6O4. The lowest BCUT2D eigenvalue weighted by Gasteiger charge is -2.26. The molecule has 1 aliphatic rings. The monoisotopic (exact) mass is 598 g/mol.